The highest BCUT2D eigenvalue weighted by Gasteiger charge is 2.25. The molecule has 9 nitrogen and oxygen atoms in total. The number of anilines is 1. The summed E-state index contributed by atoms with van der Waals surface area (Å²) < 4.78 is 3.23. The third kappa shape index (κ3) is 2.39. The first kappa shape index (κ1) is 13.0. The van der Waals surface area contributed by atoms with E-state index in [1.165, 1.54) is 4.68 Å². The minimum Gasteiger partial charge on any atom is -0.357 e. The van der Waals surface area contributed by atoms with Gasteiger partial charge in [0.2, 0.25) is 5.82 Å². The summed E-state index contributed by atoms with van der Waals surface area (Å²) in [5.74, 6) is 1.07. The lowest BCUT2D eigenvalue weighted by Crippen LogP contribution is -2.09. The lowest BCUT2D eigenvalue weighted by Gasteiger charge is -2.05. The van der Waals surface area contributed by atoms with Gasteiger partial charge in [0, 0.05) is 14.1 Å². The van der Waals surface area contributed by atoms with Crippen molar-refractivity contribution in [3.63, 3.8) is 0 Å². The topological polar surface area (TPSA) is 104 Å². The van der Waals surface area contributed by atoms with Crippen molar-refractivity contribution in [1.82, 2.24) is 24.5 Å². The largest absolute Gasteiger partial charge is 0.357 e. The molecule has 1 N–H and O–H groups in total. The highest BCUT2D eigenvalue weighted by Crippen LogP contribution is 2.28. The van der Waals surface area contributed by atoms with E-state index in [9.17, 15) is 10.1 Å². The number of aromatic nitrogens is 5. The van der Waals surface area contributed by atoms with Gasteiger partial charge in [-0.25, -0.2) is 4.68 Å². The van der Waals surface area contributed by atoms with Crippen LogP contribution in [0, 0.1) is 10.1 Å². The van der Waals surface area contributed by atoms with Crippen molar-refractivity contribution < 1.29 is 4.92 Å². The highest BCUT2D eigenvalue weighted by atomic mass is 16.6. The molecule has 0 aliphatic rings. The van der Waals surface area contributed by atoms with Crippen molar-refractivity contribution in [3.8, 4) is 0 Å². The Morgan fingerprint density at radius 2 is 2.21 bits per heavy atom. The van der Waals surface area contributed by atoms with Gasteiger partial charge in [-0.05, 0) is 6.42 Å². The second kappa shape index (κ2) is 5.04. The zero-order chi connectivity index (χ0) is 14.0. The molecule has 0 amide bonds. The van der Waals surface area contributed by atoms with Crippen LogP contribution >= 0.6 is 0 Å². The SMILES string of the molecule is CCc1nn(C)c(NCc2nncn2C)c1[N+](=O)[O-]. The molecule has 0 radical (unpaired) electrons. The third-order valence-electron chi connectivity index (χ3n) is 2.83. The molecule has 0 spiro atoms. The fourth-order valence-corrected chi connectivity index (χ4v) is 1.83. The molecular weight excluding hydrogens is 250 g/mol. The predicted molar refractivity (Wildman–Crippen MR) is 67.6 cm³/mol. The van der Waals surface area contributed by atoms with E-state index in [4.69, 9.17) is 0 Å². The number of nitro groups is 1. The Kier molecular flexibility index (Phi) is 3.45. The van der Waals surface area contributed by atoms with Crippen LogP contribution in [-0.2, 0) is 27.1 Å². The maximum Gasteiger partial charge on any atom is 0.333 e. The number of hydrogen-bond donors (Lipinski definition) is 1. The van der Waals surface area contributed by atoms with E-state index < -0.39 is 4.92 Å². The van der Waals surface area contributed by atoms with E-state index in [2.05, 4.69) is 20.6 Å². The lowest BCUT2D eigenvalue weighted by molar-refractivity contribution is -0.384. The Hall–Kier alpha value is -2.45. The smallest absolute Gasteiger partial charge is 0.333 e. The number of aryl methyl sites for hydroxylation is 3. The summed E-state index contributed by atoms with van der Waals surface area (Å²) in [7, 11) is 3.48. The molecule has 2 rings (SSSR count). The molecule has 0 fully saturated rings. The number of nitrogens with one attached hydrogen (secondary N) is 1. The van der Waals surface area contributed by atoms with E-state index in [-0.39, 0.29) is 5.69 Å². The zero-order valence-electron chi connectivity index (χ0n) is 11.0. The zero-order valence-corrected chi connectivity index (χ0v) is 11.0. The van der Waals surface area contributed by atoms with Crippen LogP contribution in [0.4, 0.5) is 11.5 Å². The summed E-state index contributed by atoms with van der Waals surface area (Å²) >= 11 is 0. The molecule has 2 heterocycles. The minimum absolute atomic E-state index is 0.0205. The van der Waals surface area contributed by atoms with Crippen LogP contribution in [0.3, 0.4) is 0 Å². The quantitative estimate of drug-likeness (QED) is 0.628. The first-order valence-corrected chi connectivity index (χ1v) is 5.81. The maximum atomic E-state index is 11.1. The summed E-state index contributed by atoms with van der Waals surface area (Å²) in [5, 5.41) is 25.9. The molecule has 0 aliphatic carbocycles. The van der Waals surface area contributed by atoms with Gasteiger partial charge in [-0.1, -0.05) is 6.92 Å². The van der Waals surface area contributed by atoms with Gasteiger partial charge in [0.1, 0.15) is 12.0 Å². The van der Waals surface area contributed by atoms with Gasteiger partial charge in [-0.2, -0.15) is 5.10 Å². The van der Waals surface area contributed by atoms with Crippen molar-refractivity contribution in [1.29, 1.82) is 0 Å². The van der Waals surface area contributed by atoms with E-state index >= 15 is 0 Å². The van der Waals surface area contributed by atoms with E-state index in [1.807, 2.05) is 14.0 Å². The van der Waals surface area contributed by atoms with Crippen LogP contribution in [0.15, 0.2) is 6.33 Å². The number of rotatable bonds is 5. The van der Waals surface area contributed by atoms with E-state index in [0.717, 1.165) is 0 Å². The summed E-state index contributed by atoms with van der Waals surface area (Å²) in [6.45, 7) is 2.18. The van der Waals surface area contributed by atoms with Gasteiger partial charge in [0.05, 0.1) is 11.5 Å². The first-order chi connectivity index (χ1) is 9.04. The summed E-state index contributed by atoms with van der Waals surface area (Å²) in [6, 6.07) is 0. The normalized spacial score (nSPS) is 10.7. The van der Waals surface area contributed by atoms with Gasteiger partial charge in [-0.3, -0.25) is 10.1 Å². The van der Waals surface area contributed by atoms with Gasteiger partial charge >= 0.3 is 5.69 Å². The minimum atomic E-state index is -0.412. The van der Waals surface area contributed by atoms with Gasteiger partial charge < -0.3 is 9.88 Å². The molecule has 0 aliphatic heterocycles. The average Bonchev–Trinajstić information content (AvgIpc) is 2.90. The van der Waals surface area contributed by atoms with Crippen LogP contribution in [0.1, 0.15) is 18.4 Å². The van der Waals surface area contributed by atoms with E-state index in [1.54, 1.807) is 17.9 Å². The van der Waals surface area contributed by atoms with Crippen LogP contribution < -0.4 is 5.32 Å². The molecule has 102 valence electrons. The molecule has 0 atom stereocenters. The standard InChI is InChI=1S/C10H15N7O2/c1-4-7-9(17(18)19)10(16(3)14-7)11-5-8-13-12-6-15(8)2/h6,11H,4-5H2,1-3H3. The second-order valence-corrected chi connectivity index (χ2v) is 4.09. The Labute approximate surface area is 109 Å². The lowest BCUT2D eigenvalue weighted by atomic mass is 10.3. The fourth-order valence-electron chi connectivity index (χ4n) is 1.83. The fraction of sp³-hybridized carbons (Fsp3) is 0.500. The molecular formula is C10H15N7O2. The highest BCUT2D eigenvalue weighted by molar-refractivity contribution is 5.59. The summed E-state index contributed by atoms with van der Waals surface area (Å²) in [5.41, 5.74) is 0.486. The van der Waals surface area contributed by atoms with Gasteiger partial charge in [0.15, 0.2) is 5.82 Å². The van der Waals surface area contributed by atoms with Crippen molar-refractivity contribution in [2.24, 2.45) is 14.1 Å². The summed E-state index contributed by atoms with van der Waals surface area (Å²) in [6.07, 6.45) is 2.09. The van der Waals surface area contributed by atoms with Gasteiger partial charge in [0.25, 0.3) is 0 Å². The average molecular weight is 265 g/mol. The molecule has 0 saturated heterocycles. The van der Waals surface area contributed by atoms with Crippen LogP contribution in [0.25, 0.3) is 0 Å². The monoisotopic (exact) mass is 265 g/mol. The third-order valence-corrected chi connectivity index (χ3v) is 2.83. The number of nitrogens with zero attached hydrogens (tertiary/aromatic N) is 6. The van der Waals surface area contributed by atoms with Crippen molar-refractivity contribution in [3.05, 3.63) is 28.0 Å². The Morgan fingerprint density at radius 3 is 2.74 bits per heavy atom. The van der Waals surface area contributed by atoms with Crippen molar-refractivity contribution in [2.45, 2.75) is 19.9 Å². The van der Waals surface area contributed by atoms with Gasteiger partial charge in [-0.15, -0.1) is 10.2 Å². The summed E-state index contributed by atoms with van der Waals surface area (Å²) in [4.78, 5) is 10.7. The molecule has 19 heavy (non-hydrogen) atoms. The first-order valence-electron chi connectivity index (χ1n) is 5.81. The van der Waals surface area contributed by atoms with E-state index in [0.29, 0.717) is 30.3 Å². The van der Waals surface area contributed by atoms with Crippen LogP contribution in [-0.4, -0.2) is 29.5 Å². The predicted octanol–water partition coefficient (Wildman–Crippen LogP) is 0.631. The molecule has 0 unspecified atom stereocenters. The molecule has 2 aromatic rings. The van der Waals surface area contributed by atoms with Crippen LogP contribution in [0.2, 0.25) is 0 Å². The molecule has 9 heteroatoms. The maximum absolute atomic E-state index is 11.1. The molecule has 0 aromatic carbocycles. The Balaban J connectivity index is 2.27. The van der Waals surface area contributed by atoms with Crippen LogP contribution in [0.5, 0.6) is 0 Å². The molecule has 0 bridgehead atoms. The molecule has 0 saturated carbocycles. The van der Waals surface area contributed by atoms with Crippen molar-refractivity contribution in [2.75, 3.05) is 5.32 Å². The Bertz CT molecular complexity index is 601. The molecule has 2 aromatic heterocycles. The Morgan fingerprint density at radius 1 is 1.47 bits per heavy atom. The van der Waals surface area contributed by atoms with Crippen molar-refractivity contribution >= 4 is 11.5 Å². The second-order valence-electron chi connectivity index (χ2n) is 4.09. The number of hydrogen-bond acceptors (Lipinski definition) is 6.